The molecule has 0 saturated heterocycles. The van der Waals surface area contributed by atoms with E-state index in [0.29, 0.717) is 6.54 Å². The van der Waals surface area contributed by atoms with Crippen LogP contribution in [0.25, 0.3) is 0 Å². The first kappa shape index (κ1) is 16.5. The zero-order chi connectivity index (χ0) is 15.3. The Bertz CT molecular complexity index is 481. The van der Waals surface area contributed by atoms with Gasteiger partial charge in [-0.05, 0) is 31.4 Å². The van der Waals surface area contributed by atoms with E-state index in [4.69, 9.17) is 5.73 Å². The lowest BCUT2D eigenvalue weighted by Gasteiger charge is -2.31. The summed E-state index contributed by atoms with van der Waals surface area (Å²) in [6, 6.07) is 8.00. The highest BCUT2D eigenvalue weighted by atomic mass is 79.9. The molecule has 3 nitrogen and oxygen atoms in total. The van der Waals surface area contributed by atoms with E-state index < -0.39 is 0 Å². The molecule has 1 aromatic carbocycles. The lowest BCUT2D eigenvalue weighted by molar-refractivity contribution is -0.132. The van der Waals surface area contributed by atoms with Crippen LogP contribution in [-0.4, -0.2) is 12.5 Å². The lowest BCUT2D eigenvalue weighted by atomic mass is 9.79. The fraction of sp³-hybridized carbons (Fsp3) is 0.588. The van der Waals surface area contributed by atoms with Gasteiger partial charge < -0.3 is 11.1 Å². The van der Waals surface area contributed by atoms with Crippen LogP contribution < -0.4 is 11.1 Å². The van der Waals surface area contributed by atoms with Crippen LogP contribution in [-0.2, 0) is 4.79 Å². The lowest BCUT2D eigenvalue weighted by Crippen LogP contribution is -2.46. The second kappa shape index (κ2) is 7.41. The van der Waals surface area contributed by atoms with Crippen LogP contribution in [0.1, 0.15) is 57.1 Å². The van der Waals surface area contributed by atoms with Gasteiger partial charge in [-0.2, -0.15) is 0 Å². The number of rotatable bonds is 4. The van der Waals surface area contributed by atoms with Crippen molar-refractivity contribution in [2.75, 3.05) is 6.54 Å². The maximum Gasteiger partial charge on any atom is 0.227 e. The summed E-state index contributed by atoms with van der Waals surface area (Å²) >= 11 is 3.55. The van der Waals surface area contributed by atoms with Gasteiger partial charge in [0.25, 0.3) is 0 Å². The molecule has 1 aliphatic rings. The van der Waals surface area contributed by atoms with Gasteiger partial charge in [0.2, 0.25) is 5.91 Å². The number of carbonyl (C=O) groups excluding carboxylic acids is 1. The molecule has 0 aliphatic heterocycles. The summed E-state index contributed by atoms with van der Waals surface area (Å²) in [6.07, 6.45) is 6.47. The number of carbonyl (C=O) groups is 1. The van der Waals surface area contributed by atoms with Crippen LogP contribution in [0.5, 0.6) is 0 Å². The summed E-state index contributed by atoms with van der Waals surface area (Å²) < 4.78 is 1.03. The van der Waals surface area contributed by atoms with Gasteiger partial charge in [-0.15, -0.1) is 0 Å². The van der Waals surface area contributed by atoms with Crippen molar-refractivity contribution in [1.82, 2.24) is 5.32 Å². The molecule has 2 rings (SSSR count). The van der Waals surface area contributed by atoms with Crippen molar-refractivity contribution >= 4 is 21.8 Å². The fourth-order valence-electron chi connectivity index (χ4n) is 3.18. The normalized spacial score (nSPS) is 19.6. The Labute approximate surface area is 135 Å². The number of nitrogens with one attached hydrogen (secondary N) is 1. The van der Waals surface area contributed by atoms with Gasteiger partial charge in [0.05, 0.1) is 11.5 Å². The fourth-order valence-corrected chi connectivity index (χ4v) is 3.81. The quantitative estimate of drug-likeness (QED) is 0.806. The molecule has 1 amide bonds. The number of benzene rings is 1. The summed E-state index contributed by atoms with van der Waals surface area (Å²) in [5.74, 6) is 0.121. The Balaban J connectivity index is 2.10. The third-order valence-electron chi connectivity index (χ3n) is 4.65. The maximum atomic E-state index is 12.8. The van der Waals surface area contributed by atoms with Gasteiger partial charge in [0.1, 0.15) is 0 Å². The molecular formula is C17H25BrN2O. The molecule has 3 N–H and O–H groups in total. The molecule has 0 heterocycles. The predicted octanol–water partition coefficient (Wildman–Crippen LogP) is 3.93. The molecule has 1 saturated carbocycles. The Morgan fingerprint density at radius 3 is 2.48 bits per heavy atom. The SMILES string of the molecule is C[C@H](NC(=O)C1(CN)CCCCCC1)c1ccccc1Br. The van der Waals surface area contributed by atoms with E-state index in [1.165, 1.54) is 12.8 Å². The Hall–Kier alpha value is -0.870. The van der Waals surface area contributed by atoms with Crippen molar-refractivity contribution in [3.8, 4) is 0 Å². The first-order chi connectivity index (χ1) is 10.1. The van der Waals surface area contributed by atoms with Crippen LogP contribution in [0.15, 0.2) is 28.7 Å². The first-order valence-electron chi connectivity index (χ1n) is 7.84. The highest BCUT2D eigenvalue weighted by Gasteiger charge is 2.37. The number of hydrogen-bond acceptors (Lipinski definition) is 2. The van der Waals surface area contributed by atoms with Crippen LogP contribution in [0, 0.1) is 5.41 Å². The van der Waals surface area contributed by atoms with Crippen molar-refractivity contribution in [3.05, 3.63) is 34.3 Å². The van der Waals surface area contributed by atoms with Gasteiger partial charge >= 0.3 is 0 Å². The van der Waals surface area contributed by atoms with E-state index in [1.54, 1.807) is 0 Å². The molecule has 1 aliphatic carbocycles. The van der Waals surface area contributed by atoms with Crippen LogP contribution in [0.3, 0.4) is 0 Å². The number of amides is 1. The van der Waals surface area contributed by atoms with Crippen molar-refractivity contribution in [3.63, 3.8) is 0 Å². The molecule has 0 unspecified atom stereocenters. The monoisotopic (exact) mass is 352 g/mol. The number of nitrogens with two attached hydrogens (primary N) is 1. The van der Waals surface area contributed by atoms with Gasteiger partial charge in [0.15, 0.2) is 0 Å². The predicted molar refractivity (Wildman–Crippen MR) is 89.9 cm³/mol. The Morgan fingerprint density at radius 2 is 1.90 bits per heavy atom. The Kier molecular flexibility index (Phi) is 5.82. The highest BCUT2D eigenvalue weighted by molar-refractivity contribution is 9.10. The summed E-state index contributed by atoms with van der Waals surface area (Å²) in [5.41, 5.74) is 6.72. The van der Waals surface area contributed by atoms with E-state index in [9.17, 15) is 4.79 Å². The number of halogens is 1. The minimum absolute atomic E-state index is 0.0141. The topological polar surface area (TPSA) is 55.1 Å². The molecule has 1 fully saturated rings. The minimum atomic E-state index is -0.369. The summed E-state index contributed by atoms with van der Waals surface area (Å²) in [7, 11) is 0. The summed E-state index contributed by atoms with van der Waals surface area (Å²) in [5, 5.41) is 3.18. The summed E-state index contributed by atoms with van der Waals surface area (Å²) in [4.78, 5) is 12.8. The van der Waals surface area contributed by atoms with Crippen LogP contribution in [0.2, 0.25) is 0 Å². The molecule has 0 spiro atoms. The number of hydrogen-bond donors (Lipinski definition) is 2. The van der Waals surface area contributed by atoms with Crippen molar-refractivity contribution in [2.24, 2.45) is 11.1 Å². The molecule has 4 heteroatoms. The molecule has 1 atom stereocenters. The summed E-state index contributed by atoms with van der Waals surface area (Å²) in [6.45, 7) is 2.47. The first-order valence-corrected chi connectivity index (χ1v) is 8.64. The van der Waals surface area contributed by atoms with Gasteiger partial charge in [-0.3, -0.25) is 4.79 Å². The van der Waals surface area contributed by atoms with E-state index >= 15 is 0 Å². The van der Waals surface area contributed by atoms with E-state index in [2.05, 4.69) is 21.2 Å². The second-order valence-electron chi connectivity index (χ2n) is 6.12. The average molecular weight is 353 g/mol. The van der Waals surface area contributed by atoms with Crippen molar-refractivity contribution in [2.45, 2.75) is 51.5 Å². The van der Waals surface area contributed by atoms with Crippen LogP contribution >= 0.6 is 15.9 Å². The van der Waals surface area contributed by atoms with E-state index in [1.807, 2.05) is 31.2 Å². The maximum absolute atomic E-state index is 12.8. The molecule has 1 aromatic rings. The largest absolute Gasteiger partial charge is 0.349 e. The van der Waals surface area contributed by atoms with E-state index in [0.717, 1.165) is 35.7 Å². The smallest absolute Gasteiger partial charge is 0.227 e. The molecule has 0 radical (unpaired) electrons. The second-order valence-corrected chi connectivity index (χ2v) is 6.97. The average Bonchev–Trinajstić information content (AvgIpc) is 2.74. The zero-order valence-corrected chi connectivity index (χ0v) is 14.3. The molecule has 116 valence electrons. The molecule has 0 aromatic heterocycles. The molecular weight excluding hydrogens is 328 g/mol. The van der Waals surface area contributed by atoms with Crippen molar-refractivity contribution in [1.29, 1.82) is 0 Å². The van der Waals surface area contributed by atoms with Crippen molar-refractivity contribution < 1.29 is 4.79 Å². The standard InChI is InChI=1S/C17H25BrN2O/c1-13(14-8-4-5-9-15(14)18)20-16(21)17(12-19)10-6-2-3-7-11-17/h4-5,8-9,13H,2-3,6-7,10-12,19H2,1H3,(H,20,21)/t13-/m0/s1. The van der Waals surface area contributed by atoms with Gasteiger partial charge in [0, 0.05) is 11.0 Å². The van der Waals surface area contributed by atoms with Gasteiger partial charge in [-0.1, -0.05) is 59.8 Å². The van der Waals surface area contributed by atoms with Gasteiger partial charge in [-0.25, -0.2) is 0 Å². The highest BCUT2D eigenvalue weighted by Crippen LogP contribution is 2.35. The third-order valence-corrected chi connectivity index (χ3v) is 5.37. The Morgan fingerprint density at radius 1 is 1.29 bits per heavy atom. The van der Waals surface area contributed by atoms with Crippen LogP contribution in [0.4, 0.5) is 0 Å². The van der Waals surface area contributed by atoms with E-state index in [-0.39, 0.29) is 17.4 Å². The molecule has 21 heavy (non-hydrogen) atoms. The minimum Gasteiger partial charge on any atom is -0.349 e. The molecule has 0 bridgehead atoms. The zero-order valence-electron chi connectivity index (χ0n) is 12.7. The third kappa shape index (κ3) is 3.86.